The molecule has 0 radical (unpaired) electrons. The van der Waals surface area contributed by atoms with Gasteiger partial charge in [0.05, 0.1) is 0 Å². The van der Waals surface area contributed by atoms with Gasteiger partial charge in [0, 0.05) is 20.1 Å². The Bertz CT molecular complexity index is 134. The molecule has 1 aliphatic rings. The van der Waals surface area contributed by atoms with Crippen molar-refractivity contribution < 1.29 is 4.79 Å². The number of nitrogens with one attached hydrogen (secondary N) is 1. The summed E-state index contributed by atoms with van der Waals surface area (Å²) in [7, 11) is 1.64. The Hall–Kier alpha value is -0.990. The van der Waals surface area contributed by atoms with Crippen LogP contribution >= 0.6 is 0 Å². The maximum Gasteiger partial charge on any atom is 0.317 e. The Balaban J connectivity index is 2.36. The number of rotatable bonds is 0. The number of urea groups is 1. The molecule has 0 atom stereocenters. The zero-order chi connectivity index (χ0) is 6.69. The lowest BCUT2D eigenvalue weighted by Crippen LogP contribution is -2.35. The Morgan fingerprint density at radius 1 is 1.56 bits per heavy atom. The molecule has 0 aliphatic carbocycles. The number of nitrogens with zero attached hydrogens (tertiary/aromatic N) is 1. The quantitative estimate of drug-likeness (QED) is 0.462. The van der Waals surface area contributed by atoms with Crippen molar-refractivity contribution in [3.63, 3.8) is 0 Å². The molecule has 1 aliphatic heterocycles. The van der Waals surface area contributed by atoms with Gasteiger partial charge in [-0.05, 0) is 0 Å². The van der Waals surface area contributed by atoms with E-state index < -0.39 is 0 Å². The molecule has 1 heterocycles. The lowest BCUT2D eigenvalue weighted by Gasteiger charge is -2.13. The van der Waals surface area contributed by atoms with Gasteiger partial charge in [-0.1, -0.05) is 12.2 Å². The predicted molar refractivity (Wildman–Crippen MR) is 35.2 cm³/mol. The molecule has 0 aromatic rings. The average Bonchev–Trinajstić information content (AvgIpc) is 2.37. The molecular formula is C6H10N2O. The number of hydrogen-bond donors (Lipinski definition) is 1. The van der Waals surface area contributed by atoms with E-state index in [0.717, 1.165) is 13.1 Å². The van der Waals surface area contributed by atoms with Crippen molar-refractivity contribution in [3.8, 4) is 0 Å². The normalized spacial score (nSPS) is 16.3. The summed E-state index contributed by atoms with van der Waals surface area (Å²) >= 11 is 0. The van der Waals surface area contributed by atoms with Crippen LogP contribution in [0, 0.1) is 0 Å². The van der Waals surface area contributed by atoms with Crippen LogP contribution in [0.3, 0.4) is 0 Å². The van der Waals surface area contributed by atoms with Crippen LogP contribution in [0.25, 0.3) is 0 Å². The van der Waals surface area contributed by atoms with E-state index in [1.165, 1.54) is 0 Å². The average molecular weight is 126 g/mol. The Kier molecular flexibility index (Phi) is 1.72. The first-order valence-corrected chi connectivity index (χ1v) is 2.96. The molecule has 1 N–H and O–H groups in total. The molecule has 0 aromatic heterocycles. The monoisotopic (exact) mass is 126 g/mol. The lowest BCUT2D eigenvalue weighted by molar-refractivity contribution is 0.213. The highest BCUT2D eigenvalue weighted by Gasteiger charge is 2.10. The van der Waals surface area contributed by atoms with E-state index >= 15 is 0 Å². The van der Waals surface area contributed by atoms with Gasteiger partial charge in [0.1, 0.15) is 0 Å². The summed E-state index contributed by atoms with van der Waals surface area (Å²) in [5.74, 6) is 0. The number of carbonyl (C=O) groups excluding carboxylic acids is 1. The first-order chi connectivity index (χ1) is 4.34. The van der Waals surface area contributed by atoms with Crippen LogP contribution in [0.15, 0.2) is 12.2 Å². The summed E-state index contributed by atoms with van der Waals surface area (Å²) < 4.78 is 0. The Morgan fingerprint density at radius 3 is 2.56 bits per heavy atom. The largest absolute Gasteiger partial charge is 0.341 e. The van der Waals surface area contributed by atoms with Crippen molar-refractivity contribution >= 4 is 6.03 Å². The smallest absolute Gasteiger partial charge is 0.317 e. The standard InChI is InChI=1S/C6H10N2O/c1-7-6(9)8-4-2-3-5-8/h2-3H,4-5H2,1H3,(H,7,9). The highest BCUT2D eigenvalue weighted by molar-refractivity contribution is 5.74. The first-order valence-electron chi connectivity index (χ1n) is 2.96. The van der Waals surface area contributed by atoms with Crippen LogP contribution in [-0.2, 0) is 0 Å². The fraction of sp³-hybridized carbons (Fsp3) is 0.500. The number of hydrogen-bond acceptors (Lipinski definition) is 1. The molecule has 0 saturated heterocycles. The van der Waals surface area contributed by atoms with Gasteiger partial charge < -0.3 is 10.2 Å². The Labute approximate surface area is 54.3 Å². The minimum atomic E-state index is 0.000000000000000444. The van der Waals surface area contributed by atoms with Crippen LogP contribution in [0.2, 0.25) is 0 Å². The molecule has 0 spiro atoms. The lowest BCUT2D eigenvalue weighted by atomic mass is 10.6. The van der Waals surface area contributed by atoms with Crippen molar-refractivity contribution in [2.24, 2.45) is 0 Å². The summed E-state index contributed by atoms with van der Waals surface area (Å²) in [6.07, 6.45) is 3.96. The van der Waals surface area contributed by atoms with Gasteiger partial charge in [0.25, 0.3) is 0 Å². The van der Waals surface area contributed by atoms with E-state index in [2.05, 4.69) is 5.32 Å². The van der Waals surface area contributed by atoms with Gasteiger partial charge >= 0.3 is 6.03 Å². The van der Waals surface area contributed by atoms with Crippen molar-refractivity contribution in [3.05, 3.63) is 12.2 Å². The van der Waals surface area contributed by atoms with Crippen LogP contribution < -0.4 is 5.32 Å². The summed E-state index contributed by atoms with van der Waals surface area (Å²) in [5.41, 5.74) is 0. The molecule has 1 rings (SSSR count). The second kappa shape index (κ2) is 2.53. The second-order valence-electron chi connectivity index (χ2n) is 1.93. The van der Waals surface area contributed by atoms with Crippen LogP contribution in [-0.4, -0.2) is 31.1 Å². The molecule has 0 aromatic carbocycles. The molecule has 50 valence electrons. The molecule has 3 heteroatoms. The zero-order valence-electron chi connectivity index (χ0n) is 5.42. The van der Waals surface area contributed by atoms with Gasteiger partial charge in [-0.2, -0.15) is 0 Å². The van der Waals surface area contributed by atoms with Crippen molar-refractivity contribution in [1.29, 1.82) is 0 Å². The van der Waals surface area contributed by atoms with Crippen molar-refractivity contribution in [2.75, 3.05) is 20.1 Å². The molecular weight excluding hydrogens is 116 g/mol. The summed E-state index contributed by atoms with van der Waals surface area (Å²) in [5, 5.41) is 2.55. The number of amides is 2. The molecule has 0 bridgehead atoms. The third-order valence-corrected chi connectivity index (χ3v) is 1.32. The van der Waals surface area contributed by atoms with E-state index in [1.807, 2.05) is 12.2 Å². The third-order valence-electron chi connectivity index (χ3n) is 1.32. The topological polar surface area (TPSA) is 32.3 Å². The maximum absolute atomic E-state index is 10.8. The van der Waals surface area contributed by atoms with E-state index in [-0.39, 0.29) is 6.03 Å². The van der Waals surface area contributed by atoms with Gasteiger partial charge in [0.15, 0.2) is 0 Å². The van der Waals surface area contributed by atoms with Crippen molar-refractivity contribution in [1.82, 2.24) is 10.2 Å². The molecule has 0 fully saturated rings. The van der Waals surface area contributed by atoms with E-state index in [0.29, 0.717) is 0 Å². The van der Waals surface area contributed by atoms with Gasteiger partial charge in [-0.25, -0.2) is 4.79 Å². The maximum atomic E-state index is 10.8. The molecule has 0 saturated carbocycles. The second-order valence-corrected chi connectivity index (χ2v) is 1.93. The van der Waals surface area contributed by atoms with Crippen molar-refractivity contribution in [2.45, 2.75) is 0 Å². The molecule has 3 nitrogen and oxygen atoms in total. The van der Waals surface area contributed by atoms with Gasteiger partial charge in [-0.15, -0.1) is 0 Å². The summed E-state index contributed by atoms with van der Waals surface area (Å²) in [4.78, 5) is 12.5. The summed E-state index contributed by atoms with van der Waals surface area (Å²) in [6.45, 7) is 1.50. The fourth-order valence-corrected chi connectivity index (χ4v) is 0.802. The molecule has 9 heavy (non-hydrogen) atoms. The highest BCUT2D eigenvalue weighted by Crippen LogP contribution is 1.97. The SMILES string of the molecule is CNC(=O)N1CC=CC1. The minimum Gasteiger partial charge on any atom is -0.341 e. The zero-order valence-corrected chi connectivity index (χ0v) is 5.42. The Morgan fingerprint density at radius 2 is 2.11 bits per heavy atom. The van der Waals surface area contributed by atoms with Gasteiger partial charge in [0.2, 0.25) is 0 Å². The highest BCUT2D eigenvalue weighted by atomic mass is 16.2. The van der Waals surface area contributed by atoms with E-state index in [1.54, 1.807) is 11.9 Å². The van der Waals surface area contributed by atoms with E-state index in [9.17, 15) is 4.79 Å². The third kappa shape index (κ3) is 1.22. The van der Waals surface area contributed by atoms with Gasteiger partial charge in [-0.3, -0.25) is 0 Å². The summed E-state index contributed by atoms with van der Waals surface area (Å²) in [6, 6.07) is 0.000000000000000444. The first kappa shape index (κ1) is 6.13. The molecule has 2 amide bonds. The molecule has 0 unspecified atom stereocenters. The van der Waals surface area contributed by atoms with Crippen LogP contribution in [0.4, 0.5) is 4.79 Å². The van der Waals surface area contributed by atoms with E-state index in [4.69, 9.17) is 0 Å². The number of carbonyl (C=O) groups is 1. The minimum absolute atomic E-state index is 0.000000000000000444. The predicted octanol–water partition coefficient (Wildman–Crippen LogP) is 0.198. The van der Waals surface area contributed by atoms with Crippen LogP contribution in [0.5, 0.6) is 0 Å². The van der Waals surface area contributed by atoms with Crippen LogP contribution in [0.1, 0.15) is 0 Å². The fourth-order valence-electron chi connectivity index (χ4n) is 0.802.